The number of aliphatic carboxylic acids is 1. The Morgan fingerprint density at radius 3 is 2.38 bits per heavy atom. The van der Waals surface area contributed by atoms with Gasteiger partial charge in [0.1, 0.15) is 0 Å². The average molecular weight is 359 g/mol. The molecule has 2 heterocycles. The van der Waals surface area contributed by atoms with Crippen LogP contribution in [0.4, 0.5) is 5.69 Å². The van der Waals surface area contributed by atoms with Gasteiger partial charge in [-0.05, 0) is 25.0 Å². The number of amides is 2. The number of nitrogens with zero attached hydrogens (tertiary/aromatic N) is 3. The number of anilines is 1. The summed E-state index contributed by atoms with van der Waals surface area (Å²) in [6.45, 7) is 0.893. The molecule has 1 aromatic rings. The van der Waals surface area contributed by atoms with Crippen LogP contribution in [0.15, 0.2) is 24.3 Å². The first-order chi connectivity index (χ1) is 12.3. The summed E-state index contributed by atoms with van der Waals surface area (Å²) < 4.78 is 0. The maximum Gasteiger partial charge on any atom is 0.309 e. The summed E-state index contributed by atoms with van der Waals surface area (Å²) in [5, 5.41) is 9.55. The first-order valence-corrected chi connectivity index (χ1v) is 8.83. The summed E-state index contributed by atoms with van der Waals surface area (Å²) in [5.41, 5.74) is 0.814. The van der Waals surface area contributed by atoms with Gasteiger partial charge in [-0.25, -0.2) is 0 Å². The van der Waals surface area contributed by atoms with Crippen LogP contribution in [0.3, 0.4) is 0 Å². The molecule has 0 aromatic heterocycles. The normalized spacial score (nSPS) is 22.0. The lowest BCUT2D eigenvalue weighted by Crippen LogP contribution is -2.57. The molecule has 140 valence electrons. The second-order valence-corrected chi connectivity index (χ2v) is 7.36. The molecule has 1 aromatic carbocycles. The summed E-state index contributed by atoms with van der Waals surface area (Å²) in [7, 11) is 5.48. The summed E-state index contributed by atoms with van der Waals surface area (Å²) in [6.07, 6.45) is 1.02. The number of carboxylic acid groups (broad SMARTS) is 1. The zero-order valence-electron chi connectivity index (χ0n) is 15.4. The van der Waals surface area contributed by atoms with Gasteiger partial charge in [0.2, 0.25) is 5.91 Å². The number of hydrogen-bond acceptors (Lipinski definition) is 4. The number of rotatable bonds is 3. The zero-order valence-corrected chi connectivity index (χ0v) is 15.4. The lowest BCUT2D eigenvalue weighted by Gasteiger charge is -2.45. The predicted octanol–water partition coefficient (Wildman–Crippen LogP) is 1.29. The molecule has 1 unspecified atom stereocenters. The molecule has 0 radical (unpaired) electrons. The van der Waals surface area contributed by atoms with Crippen LogP contribution in [-0.2, 0) is 9.59 Å². The van der Waals surface area contributed by atoms with Crippen molar-refractivity contribution >= 4 is 23.5 Å². The molecule has 2 amide bonds. The first kappa shape index (κ1) is 18.2. The van der Waals surface area contributed by atoms with Crippen LogP contribution in [-0.4, -0.2) is 72.5 Å². The van der Waals surface area contributed by atoms with Crippen LogP contribution in [0.25, 0.3) is 0 Å². The van der Waals surface area contributed by atoms with E-state index in [1.807, 2.05) is 43.3 Å². The second-order valence-electron chi connectivity index (χ2n) is 7.36. The van der Waals surface area contributed by atoms with Crippen LogP contribution < -0.4 is 4.90 Å². The number of piperidine rings is 1. The van der Waals surface area contributed by atoms with Gasteiger partial charge in [-0.2, -0.15) is 0 Å². The molecule has 2 saturated heterocycles. The summed E-state index contributed by atoms with van der Waals surface area (Å²) in [5.74, 6) is -1.81. The van der Waals surface area contributed by atoms with Crippen molar-refractivity contribution in [2.24, 2.45) is 5.92 Å². The molecule has 7 nitrogen and oxygen atoms in total. The highest BCUT2D eigenvalue weighted by atomic mass is 16.4. The van der Waals surface area contributed by atoms with Crippen LogP contribution in [0.5, 0.6) is 0 Å². The standard InChI is InChI=1S/C19H25N3O4/c1-20(2)15-7-5-4-6-13(15)17(24)22-10-8-19(9-11-22)14(18(25)26)12-16(23)21(19)3/h4-7,14H,8-12H2,1-3H3,(H,25,26). The molecule has 1 spiro atoms. The van der Waals surface area contributed by atoms with E-state index < -0.39 is 17.4 Å². The molecule has 2 aliphatic heterocycles. The van der Waals surface area contributed by atoms with E-state index in [4.69, 9.17) is 0 Å². The SMILES string of the molecule is CN(C)c1ccccc1C(=O)N1CCC2(CC1)C(C(=O)O)CC(=O)N2C. The van der Waals surface area contributed by atoms with E-state index in [1.54, 1.807) is 16.8 Å². The third-order valence-corrected chi connectivity index (χ3v) is 5.90. The first-order valence-electron chi connectivity index (χ1n) is 8.83. The lowest BCUT2D eigenvalue weighted by atomic mass is 9.77. The van der Waals surface area contributed by atoms with Crippen LogP contribution in [0.1, 0.15) is 29.6 Å². The van der Waals surface area contributed by atoms with E-state index in [2.05, 4.69) is 0 Å². The smallest absolute Gasteiger partial charge is 0.309 e. The molecular weight excluding hydrogens is 334 g/mol. The molecule has 0 saturated carbocycles. The fourth-order valence-electron chi connectivity index (χ4n) is 4.30. The number of carbonyl (C=O) groups excluding carboxylic acids is 2. The Balaban J connectivity index is 1.79. The van der Waals surface area contributed by atoms with Crippen molar-refractivity contribution in [1.82, 2.24) is 9.80 Å². The monoisotopic (exact) mass is 359 g/mol. The van der Waals surface area contributed by atoms with Gasteiger partial charge in [0.25, 0.3) is 5.91 Å². The van der Waals surface area contributed by atoms with Crippen LogP contribution in [0, 0.1) is 5.92 Å². The van der Waals surface area contributed by atoms with Gasteiger partial charge in [-0.3, -0.25) is 14.4 Å². The number of likely N-dealkylation sites (tertiary alicyclic amines) is 2. The zero-order chi connectivity index (χ0) is 19.1. The topological polar surface area (TPSA) is 81.2 Å². The van der Waals surface area contributed by atoms with E-state index in [0.717, 1.165) is 5.69 Å². The number of benzene rings is 1. The summed E-state index contributed by atoms with van der Waals surface area (Å²) in [4.78, 5) is 42.0. The van der Waals surface area contributed by atoms with Gasteiger partial charge >= 0.3 is 5.97 Å². The maximum atomic E-state index is 13.0. The van der Waals surface area contributed by atoms with E-state index in [9.17, 15) is 19.5 Å². The van der Waals surface area contributed by atoms with E-state index in [-0.39, 0.29) is 18.2 Å². The minimum absolute atomic E-state index is 0.0449. The quantitative estimate of drug-likeness (QED) is 0.880. The Hall–Kier alpha value is -2.57. The summed E-state index contributed by atoms with van der Waals surface area (Å²) in [6, 6.07) is 7.46. The Labute approximate surface area is 153 Å². The molecule has 2 aliphatic rings. The fourth-order valence-corrected chi connectivity index (χ4v) is 4.30. The van der Waals surface area contributed by atoms with Crippen molar-refractivity contribution in [2.45, 2.75) is 24.8 Å². The van der Waals surface area contributed by atoms with Crippen LogP contribution >= 0.6 is 0 Å². The average Bonchev–Trinajstić information content (AvgIpc) is 2.87. The van der Waals surface area contributed by atoms with Gasteiger partial charge in [0.15, 0.2) is 0 Å². The number of hydrogen-bond donors (Lipinski definition) is 1. The van der Waals surface area contributed by atoms with Gasteiger partial charge in [0.05, 0.1) is 17.0 Å². The van der Waals surface area contributed by atoms with Gasteiger partial charge in [0, 0.05) is 46.3 Å². The number of carboxylic acids is 1. The van der Waals surface area contributed by atoms with Crippen molar-refractivity contribution in [3.8, 4) is 0 Å². The van der Waals surface area contributed by atoms with E-state index >= 15 is 0 Å². The maximum absolute atomic E-state index is 13.0. The van der Waals surface area contributed by atoms with Crippen molar-refractivity contribution in [3.63, 3.8) is 0 Å². The largest absolute Gasteiger partial charge is 0.481 e. The highest BCUT2D eigenvalue weighted by Crippen LogP contribution is 2.43. The van der Waals surface area contributed by atoms with E-state index in [1.165, 1.54) is 0 Å². The second kappa shape index (κ2) is 6.63. The Kier molecular flexibility index (Phi) is 4.64. The molecule has 1 N–H and O–H groups in total. The van der Waals surface area contributed by atoms with Gasteiger partial charge in [-0.1, -0.05) is 12.1 Å². The minimum Gasteiger partial charge on any atom is -0.481 e. The van der Waals surface area contributed by atoms with Crippen molar-refractivity contribution in [3.05, 3.63) is 29.8 Å². The minimum atomic E-state index is -0.930. The Morgan fingerprint density at radius 2 is 1.81 bits per heavy atom. The molecule has 0 bridgehead atoms. The number of carbonyl (C=O) groups is 3. The molecule has 2 fully saturated rings. The lowest BCUT2D eigenvalue weighted by molar-refractivity contribution is -0.145. The molecule has 1 atom stereocenters. The van der Waals surface area contributed by atoms with Gasteiger partial charge in [-0.15, -0.1) is 0 Å². The third-order valence-electron chi connectivity index (χ3n) is 5.90. The highest BCUT2D eigenvalue weighted by Gasteiger charge is 2.55. The van der Waals surface area contributed by atoms with Crippen LogP contribution in [0.2, 0.25) is 0 Å². The fraction of sp³-hybridized carbons (Fsp3) is 0.526. The molecule has 3 rings (SSSR count). The van der Waals surface area contributed by atoms with Gasteiger partial charge < -0.3 is 19.8 Å². The molecule has 7 heteroatoms. The predicted molar refractivity (Wildman–Crippen MR) is 97.2 cm³/mol. The van der Waals surface area contributed by atoms with Crippen molar-refractivity contribution in [1.29, 1.82) is 0 Å². The summed E-state index contributed by atoms with van der Waals surface area (Å²) >= 11 is 0. The Morgan fingerprint density at radius 1 is 1.19 bits per heavy atom. The van der Waals surface area contributed by atoms with Crippen molar-refractivity contribution in [2.75, 3.05) is 39.1 Å². The molecular formula is C19H25N3O4. The molecule has 26 heavy (non-hydrogen) atoms. The highest BCUT2D eigenvalue weighted by molar-refractivity contribution is 6.00. The van der Waals surface area contributed by atoms with Crippen molar-refractivity contribution < 1.29 is 19.5 Å². The van der Waals surface area contributed by atoms with E-state index in [0.29, 0.717) is 31.5 Å². The third kappa shape index (κ3) is 2.81. The Bertz CT molecular complexity index is 738. The molecule has 0 aliphatic carbocycles. The number of para-hydroxylation sites is 1.